The van der Waals surface area contributed by atoms with Crippen LogP contribution < -0.4 is 9.62 Å². The first-order chi connectivity index (χ1) is 12.6. The van der Waals surface area contributed by atoms with E-state index in [-0.39, 0.29) is 18.9 Å². The van der Waals surface area contributed by atoms with Crippen molar-refractivity contribution in [3.63, 3.8) is 0 Å². The van der Waals surface area contributed by atoms with Crippen LogP contribution in [0.2, 0.25) is 15.1 Å². The summed E-state index contributed by atoms with van der Waals surface area (Å²) >= 11 is 17.9. The summed E-state index contributed by atoms with van der Waals surface area (Å²) in [5.74, 6) is -0.260. The van der Waals surface area contributed by atoms with Crippen LogP contribution in [0.5, 0.6) is 0 Å². The van der Waals surface area contributed by atoms with E-state index in [1.165, 1.54) is 4.31 Å². The Morgan fingerprint density at radius 2 is 1.74 bits per heavy atom. The van der Waals surface area contributed by atoms with Gasteiger partial charge in [-0.2, -0.15) is 0 Å². The fraction of sp³-hybridized carbons (Fsp3) is 0.278. The highest BCUT2D eigenvalue weighted by Crippen LogP contribution is 2.28. The normalized spacial score (nSPS) is 11.3. The minimum Gasteiger partial charge on any atom is -0.326 e. The Morgan fingerprint density at radius 1 is 1.11 bits per heavy atom. The largest absolute Gasteiger partial charge is 0.326 e. The number of hydrogen-bond donors (Lipinski definition) is 1. The van der Waals surface area contributed by atoms with Crippen molar-refractivity contribution < 1.29 is 13.2 Å². The molecule has 5 nitrogen and oxygen atoms in total. The van der Waals surface area contributed by atoms with Gasteiger partial charge in [0.1, 0.15) is 0 Å². The first-order valence-electron chi connectivity index (χ1n) is 8.06. The predicted molar refractivity (Wildman–Crippen MR) is 113 cm³/mol. The Hall–Kier alpha value is -1.47. The minimum atomic E-state index is -3.52. The van der Waals surface area contributed by atoms with Crippen molar-refractivity contribution in [2.75, 3.05) is 22.4 Å². The predicted octanol–water partition coefficient (Wildman–Crippen LogP) is 5.14. The van der Waals surface area contributed by atoms with Gasteiger partial charge in [-0.3, -0.25) is 9.10 Å². The zero-order valence-corrected chi connectivity index (χ0v) is 17.9. The molecule has 1 amide bonds. The second kappa shape index (κ2) is 9.15. The molecule has 0 aliphatic carbocycles. The van der Waals surface area contributed by atoms with Gasteiger partial charge in [0.25, 0.3) is 0 Å². The third-order valence-corrected chi connectivity index (χ3v) is 5.85. The molecule has 0 aromatic heterocycles. The quantitative estimate of drug-likeness (QED) is 0.636. The van der Waals surface area contributed by atoms with Crippen LogP contribution in [0.3, 0.4) is 0 Å². The first-order valence-corrected chi connectivity index (χ1v) is 11.0. The van der Waals surface area contributed by atoms with Gasteiger partial charge in [-0.25, -0.2) is 8.42 Å². The summed E-state index contributed by atoms with van der Waals surface area (Å²) in [5, 5.41) is 4.01. The summed E-state index contributed by atoms with van der Waals surface area (Å²) < 4.78 is 25.6. The number of anilines is 2. The number of sulfonamides is 1. The summed E-state index contributed by atoms with van der Waals surface area (Å²) in [5.41, 5.74) is 1.66. The fourth-order valence-electron chi connectivity index (χ4n) is 2.56. The summed E-state index contributed by atoms with van der Waals surface area (Å²) in [4.78, 5) is 12.1. The molecule has 0 unspecified atom stereocenters. The molecule has 0 heterocycles. The van der Waals surface area contributed by atoms with Crippen LogP contribution >= 0.6 is 34.8 Å². The maximum absolute atomic E-state index is 12.2. The molecular weight excluding hydrogens is 431 g/mol. The first kappa shape index (κ1) is 21.8. The Labute approximate surface area is 174 Å². The van der Waals surface area contributed by atoms with Crippen molar-refractivity contribution in [1.82, 2.24) is 0 Å². The van der Waals surface area contributed by atoms with Gasteiger partial charge in [0.05, 0.1) is 11.9 Å². The van der Waals surface area contributed by atoms with Crippen LogP contribution in [-0.2, 0) is 14.8 Å². The van der Waals surface area contributed by atoms with E-state index < -0.39 is 10.0 Å². The van der Waals surface area contributed by atoms with Gasteiger partial charge in [-0.1, -0.05) is 40.9 Å². The fourth-order valence-corrected chi connectivity index (χ4v) is 4.28. The van der Waals surface area contributed by atoms with Gasteiger partial charge >= 0.3 is 0 Å². The molecule has 0 aliphatic rings. The van der Waals surface area contributed by atoms with Crippen LogP contribution in [-0.4, -0.2) is 27.1 Å². The second-order valence-electron chi connectivity index (χ2n) is 6.03. The van der Waals surface area contributed by atoms with Crippen LogP contribution in [0.1, 0.15) is 18.4 Å². The standard InChI is InChI=1S/C18H19Cl3N2O3S/c1-12-16(21)5-3-6-17(12)23(27(2,25)26)8-4-7-18(24)22-15-10-13(19)9-14(20)11-15/h3,5-6,9-11H,4,7-8H2,1-2H3,(H,22,24). The van der Waals surface area contributed by atoms with Crippen molar-refractivity contribution in [3.05, 3.63) is 57.0 Å². The molecule has 0 spiro atoms. The number of halogens is 3. The lowest BCUT2D eigenvalue weighted by Crippen LogP contribution is -2.32. The van der Waals surface area contributed by atoms with E-state index in [1.807, 2.05) is 0 Å². The molecule has 0 saturated carbocycles. The zero-order chi connectivity index (χ0) is 20.2. The Kier molecular flexibility index (Phi) is 7.40. The van der Waals surface area contributed by atoms with Gasteiger partial charge in [0.2, 0.25) is 15.9 Å². The maximum atomic E-state index is 12.2. The van der Waals surface area contributed by atoms with E-state index in [4.69, 9.17) is 34.8 Å². The van der Waals surface area contributed by atoms with Crippen LogP contribution in [0, 0.1) is 6.92 Å². The van der Waals surface area contributed by atoms with E-state index in [0.717, 1.165) is 6.26 Å². The highest BCUT2D eigenvalue weighted by Gasteiger charge is 2.20. The van der Waals surface area contributed by atoms with E-state index >= 15 is 0 Å². The molecule has 2 rings (SSSR count). The molecular formula is C18H19Cl3N2O3S. The molecule has 0 saturated heterocycles. The Morgan fingerprint density at radius 3 is 2.33 bits per heavy atom. The minimum absolute atomic E-state index is 0.135. The van der Waals surface area contributed by atoms with Gasteiger partial charge in [0, 0.05) is 33.7 Å². The molecule has 0 atom stereocenters. The lowest BCUT2D eigenvalue weighted by atomic mass is 10.2. The highest BCUT2D eigenvalue weighted by atomic mass is 35.5. The molecule has 0 aliphatic heterocycles. The van der Waals surface area contributed by atoms with Crippen molar-refractivity contribution >= 4 is 62.1 Å². The third kappa shape index (κ3) is 6.28. The molecule has 0 radical (unpaired) electrons. The smallest absolute Gasteiger partial charge is 0.232 e. The van der Waals surface area contributed by atoms with Crippen LogP contribution in [0.25, 0.3) is 0 Å². The molecule has 146 valence electrons. The molecule has 2 aromatic rings. The molecule has 2 aromatic carbocycles. The summed E-state index contributed by atoms with van der Waals surface area (Å²) in [7, 11) is -3.52. The second-order valence-corrected chi connectivity index (χ2v) is 9.22. The molecule has 9 heteroatoms. The maximum Gasteiger partial charge on any atom is 0.232 e. The van der Waals surface area contributed by atoms with E-state index in [2.05, 4.69) is 5.32 Å². The average molecular weight is 450 g/mol. The van der Waals surface area contributed by atoms with Gasteiger partial charge < -0.3 is 5.32 Å². The number of nitrogens with one attached hydrogen (secondary N) is 1. The SMILES string of the molecule is Cc1c(Cl)cccc1N(CCCC(=O)Nc1cc(Cl)cc(Cl)c1)S(C)(=O)=O. The molecule has 27 heavy (non-hydrogen) atoms. The number of hydrogen-bond acceptors (Lipinski definition) is 3. The summed E-state index contributed by atoms with van der Waals surface area (Å²) in [6.45, 7) is 1.91. The Balaban J connectivity index is 2.03. The monoisotopic (exact) mass is 448 g/mol. The van der Waals surface area contributed by atoms with Crippen LogP contribution in [0.4, 0.5) is 11.4 Å². The van der Waals surface area contributed by atoms with Crippen molar-refractivity contribution in [2.45, 2.75) is 19.8 Å². The van der Waals surface area contributed by atoms with E-state index in [0.29, 0.717) is 38.4 Å². The highest BCUT2D eigenvalue weighted by molar-refractivity contribution is 7.92. The van der Waals surface area contributed by atoms with Crippen molar-refractivity contribution in [1.29, 1.82) is 0 Å². The van der Waals surface area contributed by atoms with E-state index in [9.17, 15) is 13.2 Å². The molecule has 0 fully saturated rings. The summed E-state index contributed by atoms with van der Waals surface area (Å²) in [6.07, 6.45) is 1.59. The van der Waals surface area contributed by atoms with E-state index in [1.54, 1.807) is 43.3 Å². The van der Waals surface area contributed by atoms with Gasteiger partial charge in [0.15, 0.2) is 0 Å². The van der Waals surface area contributed by atoms with Crippen molar-refractivity contribution in [3.8, 4) is 0 Å². The van der Waals surface area contributed by atoms with Crippen molar-refractivity contribution in [2.24, 2.45) is 0 Å². The number of nitrogens with zero attached hydrogens (tertiary/aromatic N) is 1. The number of carbonyl (C=O) groups excluding carboxylic acids is 1. The topological polar surface area (TPSA) is 66.5 Å². The number of benzene rings is 2. The Bertz CT molecular complexity index is 929. The number of amides is 1. The zero-order valence-electron chi connectivity index (χ0n) is 14.8. The molecule has 1 N–H and O–H groups in total. The number of rotatable bonds is 7. The molecule has 0 bridgehead atoms. The average Bonchev–Trinajstić information content (AvgIpc) is 2.52. The number of carbonyl (C=O) groups is 1. The van der Waals surface area contributed by atoms with Gasteiger partial charge in [-0.15, -0.1) is 0 Å². The van der Waals surface area contributed by atoms with Gasteiger partial charge in [-0.05, 0) is 49.2 Å². The lowest BCUT2D eigenvalue weighted by Gasteiger charge is -2.24. The summed E-state index contributed by atoms with van der Waals surface area (Å²) in [6, 6.07) is 9.82. The third-order valence-electron chi connectivity index (χ3n) is 3.82. The van der Waals surface area contributed by atoms with Crippen LogP contribution in [0.15, 0.2) is 36.4 Å². The lowest BCUT2D eigenvalue weighted by molar-refractivity contribution is -0.116.